The summed E-state index contributed by atoms with van der Waals surface area (Å²) in [6.07, 6.45) is 1.54. The third kappa shape index (κ3) is 3.02. The number of fused-ring (bicyclic) bond motifs is 1. The summed E-state index contributed by atoms with van der Waals surface area (Å²) >= 11 is 0. The van der Waals surface area contributed by atoms with Crippen molar-refractivity contribution in [1.82, 2.24) is 0 Å². The Kier molecular flexibility index (Phi) is 3.49. The Labute approximate surface area is 89.2 Å². The van der Waals surface area contributed by atoms with Gasteiger partial charge < -0.3 is 10.2 Å². The molecular weight excluding hydrogens is 214 g/mol. The largest absolute Gasteiger partial charge is 0.473 e. The minimum atomic E-state index is -1.82. The van der Waals surface area contributed by atoms with Crippen LogP contribution in [0.5, 0.6) is 0 Å². The zero-order chi connectivity index (χ0) is 12.1. The summed E-state index contributed by atoms with van der Waals surface area (Å²) in [4.78, 5) is 32.6. The molecule has 16 heavy (non-hydrogen) atoms. The fraction of sp³-hybridized carbons (Fsp3) is 0. The topological polar surface area (TPSA) is 104 Å². The maximum absolute atomic E-state index is 10.7. The second-order valence-corrected chi connectivity index (χ2v) is 2.76. The SMILES string of the molecule is O=C(O)C(=O)O.O=C1C=c2ccccc2=N1. The van der Waals surface area contributed by atoms with Crippen molar-refractivity contribution in [1.29, 1.82) is 0 Å². The van der Waals surface area contributed by atoms with E-state index in [1.54, 1.807) is 0 Å². The van der Waals surface area contributed by atoms with Crippen molar-refractivity contribution in [3.05, 3.63) is 34.8 Å². The van der Waals surface area contributed by atoms with Crippen LogP contribution in [0.3, 0.4) is 0 Å². The van der Waals surface area contributed by atoms with Crippen LogP contribution in [0.15, 0.2) is 29.3 Å². The van der Waals surface area contributed by atoms with Crippen LogP contribution in [-0.4, -0.2) is 28.1 Å². The highest BCUT2D eigenvalue weighted by atomic mass is 16.4. The molecule has 1 amide bonds. The molecule has 0 aromatic heterocycles. The van der Waals surface area contributed by atoms with Crippen LogP contribution in [0.1, 0.15) is 0 Å². The Morgan fingerprint density at radius 3 is 2.12 bits per heavy atom. The highest BCUT2D eigenvalue weighted by Gasteiger charge is 2.04. The Morgan fingerprint density at radius 1 is 1.06 bits per heavy atom. The normalized spacial score (nSPS) is 11.4. The van der Waals surface area contributed by atoms with Crippen LogP contribution in [0.25, 0.3) is 6.08 Å². The summed E-state index contributed by atoms with van der Waals surface area (Å²) < 4.78 is 0. The quantitative estimate of drug-likeness (QED) is 0.534. The van der Waals surface area contributed by atoms with E-state index in [-0.39, 0.29) is 5.91 Å². The van der Waals surface area contributed by atoms with E-state index >= 15 is 0 Å². The average molecular weight is 221 g/mol. The van der Waals surface area contributed by atoms with E-state index in [2.05, 4.69) is 4.99 Å². The van der Waals surface area contributed by atoms with Gasteiger partial charge in [-0.25, -0.2) is 14.6 Å². The monoisotopic (exact) mass is 221 g/mol. The first-order valence-corrected chi connectivity index (χ1v) is 4.16. The van der Waals surface area contributed by atoms with Crippen LogP contribution in [0, 0.1) is 0 Å². The molecule has 1 aromatic rings. The number of hydrogen-bond acceptors (Lipinski definition) is 3. The molecule has 0 saturated carbocycles. The first-order valence-electron chi connectivity index (χ1n) is 4.16. The summed E-state index contributed by atoms with van der Waals surface area (Å²) in [6, 6.07) is 7.47. The molecule has 0 radical (unpaired) electrons. The molecule has 0 aliphatic carbocycles. The van der Waals surface area contributed by atoms with Crippen LogP contribution in [-0.2, 0) is 14.4 Å². The number of benzene rings is 1. The Morgan fingerprint density at radius 2 is 1.62 bits per heavy atom. The highest BCUT2D eigenvalue weighted by molar-refractivity contribution is 6.27. The zero-order valence-corrected chi connectivity index (χ0v) is 7.95. The van der Waals surface area contributed by atoms with Gasteiger partial charge in [0.25, 0.3) is 5.91 Å². The average Bonchev–Trinajstić information content (AvgIpc) is 2.58. The van der Waals surface area contributed by atoms with E-state index in [1.165, 1.54) is 6.08 Å². The summed E-state index contributed by atoms with van der Waals surface area (Å²) in [5.74, 6) is -3.80. The fourth-order valence-electron chi connectivity index (χ4n) is 0.995. The molecule has 6 nitrogen and oxygen atoms in total. The van der Waals surface area contributed by atoms with E-state index in [0.29, 0.717) is 0 Å². The van der Waals surface area contributed by atoms with E-state index < -0.39 is 11.9 Å². The second kappa shape index (κ2) is 4.83. The van der Waals surface area contributed by atoms with Gasteiger partial charge in [-0.05, 0) is 6.07 Å². The van der Waals surface area contributed by atoms with Gasteiger partial charge in [0.2, 0.25) is 0 Å². The molecule has 2 N–H and O–H groups in total. The van der Waals surface area contributed by atoms with E-state index in [4.69, 9.17) is 19.8 Å². The molecule has 1 aliphatic rings. The van der Waals surface area contributed by atoms with Gasteiger partial charge in [0, 0.05) is 11.3 Å². The van der Waals surface area contributed by atoms with Crippen LogP contribution < -0.4 is 10.6 Å². The van der Waals surface area contributed by atoms with Gasteiger partial charge in [-0.3, -0.25) is 4.79 Å². The van der Waals surface area contributed by atoms with Gasteiger partial charge in [0.1, 0.15) is 0 Å². The number of carboxylic acid groups (broad SMARTS) is 2. The minimum absolute atomic E-state index is 0.152. The first kappa shape index (κ1) is 11.6. The number of carboxylic acids is 2. The number of aliphatic carboxylic acids is 2. The van der Waals surface area contributed by atoms with E-state index in [1.807, 2.05) is 24.3 Å². The number of nitrogens with zero attached hydrogens (tertiary/aromatic N) is 1. The number of amides is 1. The van der Waals surface area contributed by atoms with Crippen LogP contribution in [0.2, 0.25) is 0 Å². The number of carbonyl (C=O) groups is 3. The smallest absolute Gasteiger partial charge is 0.414 e. The molecule has 2 rings (SSSR count). The van der Waals surface area contributed by atoms with Gasteiger partial charge >= 0.3 is 11.9 Å². The van der Waals surface area contributed by atoms with Crippen molar-refractivity contribution in [3.8, 4) is 0 Å². The lowest BCUT2D eigenvalue weighted by atomic mass is 10.3. The molecule has 1 aromatic carbocycles. The Hall–Kier alpha value is -2.50. The van der Waals surface area contributed by atoms with Crippen molar-refractivity contribution >= 4 is 23.9 Å². The van der Waals surface area contributed by atoms with Gasteiger partial charge in [-0.1, -0.05) is 18.2 Å². The molecule has 82 valence electrons. The second-order valence-electron chi connectivity index (χ2n) is 2.76. The summed E-state index contributed by atoms with van der Waals surface area (Å²) in [5.41, 5.74) is 0. The third-order valence-corrected chi connectivity index (χ3v) is 1.63. The van der Waals surface area contributed by atoms with Crippen molar-refractivity contribution in [3.63, 3.8) is 0 Å². The lowest BCUT2D eigenvalue weighted by Crippen LogP contribution is -2.19. The van der Waals surface area contributed by atoms with Gasteiger partial charge in [-0.2, -0.15) is 0 Å². The molecule has 0 spiro atoms. The van der Waals surface area contributed by atoms with Crippen LogP contribution in [0.4, 0.5) is 0 Å². The molecule has 0 unspecified atom stereocenters. The lowest BCUT2D eigenvalue weighted by Gasteiger charge is -1.77. The first-order chi connectivity index (χ1) is 7.50. The third-order valence-electron chi connectivity index (χ3n) is 1.63. The lowest BCUT2D eigenvalue weighted by molar-refractivity contribution is -0.159. The van der Waals surface area contributed by atoms with Gasteiger partial charge in [-0.15, -0.1) is 0 Å². The molecular formula is C10H7NO5. The molecule has 0 fully saturated rings. The fourth-order valence-corrected chi connectivity index (χ4v) is 0.995. The molecule has 0 saturated heterocycles. The predicted molar refractivity (Wildman–Crippen MR) is 52.0 cm³/mol. The van der Waals surface area contributed by atoms with Crippen molar-refractivity contribution in [2.45, 2.75) is 0 Å². The molecule has 6 heteroatoms. The van der Waals surface area contributed by atoms with Crippen molar-refractivity contribution in [2.24, 2.45) is 4.99 Å². The van der Waals surface area contributed by atoms with E-state index in [9.17, 15) is 4.79 Å². The standard InChI is InChI=1S/C8H5NO.C2H2O4/c10-8-5-6-3-1-2-4-7(6)9-8;3-1(4)2(5)6/h1-5H;(H,3,4)(H,5,6). The van der Waals surface area contributed by atoms with Gasteiger partial charge in [0.15, 0.2) is 0 Å². The van der Waals surface area contributed by atoms with E-state index in [0.717, 1.165) is 10.6 Å². The maximum Gasteiger partial charge on any atom is 0.414 e. The van der Waals surface area contributed by atoms with Gasteiger partial charge in [0.05, 0.1) is 5.36 Å². The number of carbonyl (C=O) groups excluding carboxylic acids is 1. The summed E-state index contributed by atoms with van der Waals surface area (Å²) in [5, 5.41) is 16.5. The number of hydrogen-bond donors (Lipinski definition) is 2. The molecule has 1 heterocycles. The summed E-state index contributed by atoms with van der Waals surface area (Å²) in [6.45, 7) is 0. The number of para-hydroxylation sites is 1. The molecule has 0 atom stereocenters. The maximum atomic E-state index is 10.7. The zero-order valence-electron chi connectivity index (χ0n) is 7.95. The van der Waals surface area contributed by atoms with Crippen molar-refractivity contribution < 1.29 is 24.6 Å². The Bertz CT molecular complexity index is 512. The molecule has 0 bridgehead atoms. The summed E-state index contributed by atoms with van der Waals surface area (Å²) in [7, 11) is 0. The minimum Gasteiger partial charge on any atom is -0.473 e. The highest BCUT2D eigenvalue weighted by Crippen LogP contribution is 1.81. The molecule has 1 aliphatic heterocycles. The predicted octanol–water partition coefficient (Wildman–Crippen LogP) is -1.22. The van der Waals surface area contributed by atoms with Crippen LogP contribution >= 0.6 is 0 Å². The Balaban J connectivity index is 0.000000187. The van der Waals surface area contributed by atoms with Crippen molar-refractivity contribution in [2.75, 3.05) is 0 Å². The number of rotatable bonds is 0.